The monoisotopic (exact) mass is 220 g/mol. The molecular weight excluding hydrogens is 212 g/mol. The number of benzene rings is 1. The molecule has 0 bridgehead atoms. The molecular formula is C9H8N4O3. The molecule has 0 aliphatic carbocycles. The number of carboxylic acids is 1. The summed E-state index contributed by atoms with van der Waals surface area (Å²) in [7, 11) is 0. The first kappa shape index (κ1) is 9.97. The van der Waals surface area contributed by atoms with Gasteiger partial charge in [-0.3, -0.25) is 4.79 Å². The lowest BCUT2D eigenvalue weighted by Gasteiger charge is -2.07. The van der Waals surface area contributed by atoms with Crippen molar-refractivity contribution in [3.05, 3.63) is 34.4 Å². The zero-order chi connectivity index (χ0) is 11.9. The molecule has 0 unspecified atom stereocenters. The first-order valence-corrected chi connectivity index (χ1v) is 4.31. The lowest BCUT2D eigenvalue weighted by atomic mass is 10.2. The molecule has 1 heterocycles. The average Bonchev–Trinajstić information content (AvgIpc) is 2.22. The number of aromatic nitrogens is 2. The zero-order valence-corrected chi connectivity index (χ0v) is 8.04. The number of carboxylic acid groups (broad SMARTS) is 1. The number of hydrogen-bond acceptors (Lipinski definition) is 5. The minimum absolute atomic E-state index is 0.224. The third-order valence-electron chi connectivity index (χ3n) is 2.14. The second kappa shape index (κ2) is 3.23. The standard InChI is InChI=1S/C9H8N4O3/c10-4-1-2-5-6(3-4)13(11)7(9(15)16)12-8(5)14/h1-3H,10-11H2,(H,15,16). The molecule has 1 aromatic heterocycles. The van der Waals surface area contributed by atoms with Crippen LogP contribution in [0.1, 0.15) is 10.6 Å². The first-order chi connectivity index (χ1) is 7.50. The Balaban J connectivity index is 2.97. The van der Waals surface area contributed by atoms with Crippen molar-refractivity contribution < 1.29 is 9.90 Å². The van der Waals surface area contributed by atoms with Crippen LogP contribution in [0, 0.1) is 0 Å². The number of hydrogen-bond donors (Lipinski definition) is 3. The van der Waals surface area contributed by atoms with Gasteiger partial charge in [0.1, 0.15) is 0 Å². The second-order valence-corrected chi connectivity index (χ2v) is 3.19. The molecule has 7 nitrogen and oxygen atoms in total. The van der Waals surface area contributed by atoms with Gasteiger partial charge < -0.3 is 16.7 Å². The van der Waals surface area contributed by atoms with E-state index in [9.17, 15) is 9.59 Å². The predicted octanol–water partition coefficient (Wildman–Crippen LogP) is -0.609. The summed E-state index contributed by atoms with van der Waals surface area (Å²) in [5, 5.41) is 9.01. The second-order valence-electron chi connectivity index (χ2n) is 3.19. The molecule has 16 heavy (non-hydrogen) atoms. The molecule has 0 saturated carbocycles. The van der Waals surface area contributed by atoms with Crippen molar-refractivity contribution in [3.8, 4) is 0 Å². The molecule has 0 aliphatic heterocycles. The van der Waals surface area contributed by atoms with E-state index >= 15 is 0 Å². The molecule has 82 valence electrons. The van der Waals surface area contributed by atoms with Crippen LogP contribution in [0.5, 0.6) is 0 Å². The van der Waals surface area contributed by atoms with Gasteiger partial charge in [-0.2, -0.15) is 4.98 Å². The van der Waals surface area contributed by atoms with E-state index in [2.05, 4.69) is 4.98 Å². The van der Waals surface area contributed by atoms with Gasteiger partial charge in [0.25, 0.3) is 5.56 Å². The highest BCUT2D eigenvalue weighted by Gasteiger charge is 2.14. The van der Waals surface area contributed by atoms with Crippen molar-refractivity contribution in [2.45, 2.75) is 0 Å². The summed E-state index contributed by atoms with van der Waals surface area (Å²) in [5.41, 5.74) is 5.50. The SMILES string of the molecule is Nc1ccc2c(=O)nc(C(=O)O)n(N)c2c1. The molecule has 1 aromatic carbocycles. The number of nitrogen functional groups attached to an aromatic ring is 2. The van der Waals surface area contributed by atoms with Gasteiger partial charge in [-0.25, -0.2) is 9.47 Å². The summed E-state index contributed by atoms with van der Waals surface area (Å²) in [6.07, 6.45) is 0. The Morgan fingerprint density at radius 3 is 2.75 bits per heavy atom. The van der Waals surface area contributed by atoms with Crippen LogP contribution in [-0.4, -0.2) is 20.7 Å². The minimum Gasteiger partial charge on any atom is -0.475 e. The van der Waals surface area contributed by atoms with Crippen LogP contribution in [0.25, 0.3) is 10.9 Å². The van der Waals surface area contributed by atoms with Gasteiger partial charge in [0.05, 0.1) is 10.9 Å². The number of nitrogens with two attached hydrogens (primary N) is 2. The number of aromatic carboxylic acids is 1. The molecule has 0 radical (unpaired) electrons. The topological polar surface area (TPSA) is 124 Å². The van der Waals surface area contributed by atoms with Gasteiger partial charge >= 0.3 is 5.97 Å². The maximum atomic E-state index is 11.5. The molecule has 0 atom stereocenters. The minimum atomic E-state index is -1.37. The molecule has 0 aliphatic rings. The number of rotatable bonds is 1. The Morgan fingerprint density at radius 1 is 1.44 bits per heavy atom. The Kier molecular flexibility index (Phi) is 2.01. The highest BCUT2D eigenvalue weighted by atomic mass is 16.4. The van der Waals surface area contributed by atoms with Crippen molar-refractivity contribution in [2.24, 2.45) is 0 Å². The Morgan fingerprint density at radius 2 is 2.12 bits per heavy atom. The van der Waals surface area contributed by atoms with E-state index in [1.54, 1.807) is 0 Å². The van der Waals surface area contributed by atoms with Gasteiger partial charge in [-0.1, -0.05) is 0 Å². The van der Waals surface area contributed by atoms with Crippen LogP contribution in [0.3, 0.4) is 0 Å². The van der Waals surface area contributed by atoms with Gasteiger partial charge in [0, 0.05) is 5.69 Å². The van der Waals surface area contributed by atoms with E-state index in [0.717, 1.165) is 4.68 Å². The molecule has 0 spiro atoms. The zero-order valence-electron chi connectivity index (χ0n) is 8.04. The van der Waals surface area contributed by atoms with Gasteiger partial charge in [-0.05, 0) is 18.2 Å². The van der Waals surface area contributed by atoms with Gasteiger partial charge in [0.15, 0.2) is 0 Å². The third kappa shape index (κ3) is 1.34. The molecule has 0 amide bonds. The normalized spacial score (nSPS) is 10.5. The molecule has 2 aromatic rings. The van der Waals surface area contributed by atoms with Crippen LogP contribution in [0.2, 0.25) is 0 Å². The van der Waals surface area contributed by atoms with Crippen LogP contribution in [0.15, 0.2) is 23.0 Å². The van der Waals surface area contributed by atoms with Gasteiger partial charge in [0.2, 0.25) is 5.82 Å². The Hall–Kier alpha value is -2.57. The number of nitrogens with zero attached hydrogens (tertiary/aromatic N) is 2. The smallest absolute Gasteiger partial charge is 0.374 e. The van der Waals surface area contributed by atoms with E-state index in [0.29, 0.717) is 5.69 Å². The number of carbonyl (C=O) groups is 1. The number of fused-ring (bicyclic) bond motifs is 1. The molecule has 0 saturated heterocycles. The van der Waals surface area contributed by atoms with Crippen LogP contribution in [0.4, 0.5) is 5.69 Å². The highest BCUT2D eigenvalue weighted by molar-refractivity contribution is 5.89. The lowest BCUT2D eigenvalue weighted by molar-refractivity contribution is 0.0679. The molecule has 0 fully saturated rings. The van der Waals surface area contributed by atoms with Crippen LogP contribution < -0.4 is 17.1 Å². The Bertz CT molecular complexity index is 647. The first-order valence-electron chi connectivity index (χ1n) is 4.31. The fourth-order valence-electron chi connectivity index (χ4n) is 1.40. The summed E-state index contributed by atoms with van der Waals surface area (Å²) in [4.78, 5) is 25.6. The van der Waals surface area contributed by atoms with Crippen LogP contribution in [-0.2, 0) is 0 Å². The summed E-state index contributed by atoms with van der Waals surface area (Å²) >= 11 is 0. The Labute approximate surface area is 88.9 Å². The van der Waals surface area contributed by atoms with E-state index in [-0.39, 0.29) is 10.9 Å². The van der Waals surface area contributed by atoms with Gasteiger partial charge in [-0.15, -0.1) is 0 Å². The molecule has 2 rings (SSSR count). The predicted molar refractivity (Wildman–Crippen MR) is 57.5 cm³/mol. The summed E-state index contributed by atoms with van der Waals surface area (Å²) < 4.78 is 0.829. The third-order valence-corrected chi connectivity index (χ3v) is 2.14. The average molecular weight is 220 g/mol. The van der Waals surface area contributed by atoms with Crippen LogP contribution >= 0.6 is 0 Å². The van der Waals surface area contributed by atoms with Crippen molar-refractivity contribution in [1.29, 1.82) is 0 Å². The fraction of sp³-hybridized carbons (Fsp3) is 0. The maximum absolute atomic E-state index is 11.5. The van der Waals surface area contributed by atoms with E-state index < -0.39 is 17.4 Å². The summed E-state index contributed by atoms with van der Waals surface area (Å²) in [6, 6.07) is 4.39. The van der Waals surface area contributed by atoms with E-state index in [1.165, 1.54) is 18.2 Å². The lowest BCUT2D eigenvalue weighted by Crippen LogP contribution is -2.27. The van der Waals surface area contributed by atoms with Crippen molar-refractivity contribution >= 4 is 22.6 Å². The summed E-state index contributed by atoms with van der Waals surface area (Å²) in [5.74, 6) is 3.64. The fourth-order valence-corrected chi connectivity index (χ4v) is 1.40. The van der Waals surface area contributed by atoms with E-state index in [4.69, 9.17) is 16.7 Å². The summed E-state index contributed by atoms with van der Waals surface area (Å²) in [6.45, 7) is 0. The molecule has 7 heteroatoms. The van der Waals surface area contributed by atoms with E-state index in [1.807, 2.05) is 0 Å². The highest BCUT2D eigenvalue weighted by Crippen LogP contribution is 2.13. The maximum Gasteiger partial charge on any atom is 0.374 e. The molecule has 5 N–H and O–H groups in total. The van der Waals surface area contributed by atoms with Crippen molar-refractivity contribution in [3.63, 3.8) is 0 Å². The number of anilines is 1. The quantitative estimate of drug-likeness (QED) is 0.435. The van der Waals surface area contributed by atoms with Crippen molar-refractivity contribution in [1.82, 2.24) is 9.66 Å². The van der Waals surface area contributed by atoms with Crippen molar-refractivity contribution in [2.75, 3.05) is 11.6 Å². The largest absolute Gasteiger partial charge is 0.475 e.